The molecule has 0 aliphatic carbocycles. The molecule has 2 heterocycles. The van der Waals surface area contributed by atoms with Gasteiger partial charge in [0.25, 0.3) is 0 Å². The maximum atomic E-state index is 12.4. The topological polar surface area (TPSA) is 85.6 Å². The van der Waals surface area contributed by atoms with Gasteiger partial charge in [-0.3, -0.25) is 9.36 Å². The molecule has 7 nitrogen and oxygen atoms in total. The van der Waals surface area contributed by atoms with E-state index in [1.54, 1.807) is 31.6 Å². The molecule has 3 aromatic rings. The molecule has 4 rings (SSSR count). The van der Waals surface area contributed by atoms with E-state index < -0.39 is 0 Å². The number of nitrogens with zero attached hydrogens (tertiary/aromatic N) is 2. The number of phenols is 1. The number of methoxy groups -OCH3 is 2. The van der Waals surface area contributed by atoms with E-state index in [2.05, 4.69) is 10.3 Å². The Morgan fingerprint density at radius 2 is 1.93 bits per heavy atom. The van der Waals surface area contributed by atoms with Crippen LogP contribution in [-0.4, -0.2) is 34.8 Å². The molecule has 138 valence electrons. The van der Waals surface area contributed by atoms with Crippen molar-refractivity contribution in [2.24, 2.45) is 0 Å². The minimum absolute atomic E-state index is 0.0606. The first kappa shape index (κ1) is 17.0. The smallest absolute Gasteiger partial charge is 0.226 e. The van der Waals surface area contributed by atoms with Gasteiger partial charge in [0.15, 0.2) is 11.5 Å². The summed E-state index contributed by atoms with van der Waals surface area (Å²) in [4.78, 5) is 16.9. The second kappa shape index (κ2) is 6.68. The van der Waals surface area contributed by atoms with E-state index in [0.29, 0.717) is 11.6 Å². The largest absolute Gasteiger partial charge is 0.504 e. The van der Waals surface area contributed by atoms with Gasteiger partial charge in [0.1, 0.15) is 17.9 Å². The molecule has 2 N–H and O–H groups in total. The van der Waals surface area contributed by atoms with Gasteiger partial charge in [-0.25, -0.2) is 4.98 Å². The summed E-state index contributed by atoms with van der Waals surface area (Å²) in [5.74, 6) is 1.52. The number of carbonyl (C=O) groups excluding carboxylic acids is 1. The first-order valence-corrected chi connectivity index (χ1v) is 8.49. The normalized spacial score (nSPS) is 15.8. The molecule has 0 unspecified atom stereocenters. The predicted molar refractivity (Wildman–Crippen MR) is 99.9 cm³/mol. The van der Waals surface area contributed by atoms with Gasteiger partial charge in [-0.15, -0.1) is 0 Å². The van der Waals surface area contributed by atoms with Crippen LogP contribution in [0, 0.1) is 0 Å². The molecule has 1 amide bonds. The Hall–Kier alpha value is -3.48. The highest BCUT2D eigenvalue weighted by atomic mass is 16.5. The lowest BCUT2D eigenvalue weighted by Crippen LogP contribution is -2.24. The summed E-state index contributed by atoms with van der Waals surface area (Å²) in [7, 11) is 3.11. The van der Waals surface area contributed by atoms with Crippen LogP contribution in [-0.2, 0) is 4.79 Å². The van der Waals surface area contributed by atoms with Crippen molar-refractivity contribution < 1.29 is 19.4 Å². The number of amides is 1. The Morgan fingerprint density at radius 3 is 2.63 bits per heavy atom. The number of nitrogens with one attached hydrogen (secondary N) is 1. The Kier molecular flexibility index (Phi) is 4.19. The monoisotopic (exact) mass is 365 g/mol. The van der Waals surface area contributed by atoms with Crippen molar-refractivity contribution in [1.29, 1.82) is 0 Å². The van der Waals surface area contributed by atoms with Gasteiger partial charge in [-0.1, -0.05) is 6.07 Å². The van der Waals surface area contributed by atoms with E-state index in [1.807, 2.05) is 28.8 Å². The second-order valence-electron chi connectivity index (χ2n) is 6.28. The number of ether oxygens (including phenoxy) is 2. The van der Waals surface area contributed by atoms with Gasteiger partial charge in [-0.2, -0.15) is 0 Å². The Balaban J connectivity index is 1.77. The summed E-state index contributed by atoms with van der Waals surface area (Å²) in [6.07, 6.45) is 1.98. The van der Waals surface area contributed by atoms with E-state index >= 15 is 0 Å². The standard InChI is InChI=1S/C20H19N3O4/c1-26-14-6-4-13(5-7-14)23-11-21-19-15(10-18(25)22-20(19)23)12-3-8-16(24)17(9-12)27-2/h3-9,11,15,24H,10H2,1-2H3,(H,22,25)/t15-/m1/s1. The second-order valence-corrected chi connectivity index (χ2v) is 6.28. The van der Waals surface area contributed by atoms with Gasteiger partial charge in [0, 0.05) is 18.0 Å². The molecular weight excluding hydrogens is 346 g/mol. The van der Waals surface area contributed by atoms with E-state index in [-0.39, 0.29) is 24.0 Å². The first-order valence-electron chi connectivity index (χ1n) is 8.49. The van der Waals surface area contributed by atoms with Crippen molar-refractivity contribution in [3.8, 4) is 22.9 Å². The Bertz CT molecular complexity index is 995. The van der Waals surface area contributed by atoms with Gasteiger partial charge < -0.3 is 19.9 Å². The number of hydrogen-bond acceptors (Lipinski definition) is 5. The van der Waals surface area contributed by atoms with Crippen molar-refractivity contribution >= 4 is 11.7 Å². The number of aromatic hydroxyl groups is 1. The van der Waals surface area contributed by atoms with Gasteiger partial charge in [0.05, 0.1) is 19.9 Å². The van der Waals surface area contributed by atoms with Crippen LogP contribution < -0.4 is 14.8 Å². The zero-order chi connectivity index (χ0) is 19.0. The average molecular weight is 365 g/mol. The lowest BCUT2D eigenvalue weighted by molar-refractivity contribution is -0.116. The molecule has 0 radical (unpaired) electrons. The summed E-state index contributed by atoms with van der Waals surface area (Å²) in [5.41, 5.74) is 2.51. The zero-order valence-corrected chi connectivity index (χ0v) is 15.0. The van der Waals surface area contributed by atoms with Crippen molar-refractivity contribution in [3.05, 3.63) is 60.0 Å². The fourth-order valence-corrected chi connectivity index (χ4v) is 3.33. The van der Waals surface area contributed by atoms with Crippen LogP contribution in [0.2, 0.25) is 0 Å². The first-order chi connectivity index (χ1) is 13.1. The SMILES string of the molecule is COc1ccc(-n2cnc3c2NC(=O)C[C@@H]3c2ccc(O)c(OC)c2)cc1. The maximum absolute atomic E-state index is 12.4. The minimum Gasteiger partial charge on any atom is -0.504 e. The number of benzene rings is 2. The third-order valence-electron chi connectivity index (χ3n) is 4.73. The predicted octanol–water partition coefficient (Wildman–Crippen LogP) is 3.07. The van der Waals surface area contributed by atoms with Gasteiger partial charge >= 0.3 is 0 Å². The Morgan fingerprint density at radius 1 is 1.15 bits per heavy atom. The van der Waals surface area contributed by atoms with Crippen LogP contribution in [0.25, 0.3) is 5.69 Å². The summed E-state index contributed by atoms with van der Waals surface area (Å²) < 4.78 is 12.2. The van der Waals surface area contributed by atoms with Crippen LogP contribution in [0.4, 0.5) is 5.82 Å². The van der Waals surface area contributed by atoms with Crippen LogP contribution in [0.3, 0.4) is 0 Å². The fourth-order valence-electron chi connectivity index (χ4n) is 3.33. The minimum atomic E-state index is -0.220. The molecule has 0 bridgehead atoms. The maximum Gasteiger partial charge on any atom is 0.226 e. The number of anilines is 1. The Labute approximate surface area is 156 Å². The number of imidazole rings is 1. The van der Waals surface area contributed by atoms with Gasteiger partial charge in [0.2, 0.25) is 5.91 Å². The molecule has 0 saturated heterocycles. The molecule has 0 fully saturated rings. The highest BCUT2D eigenvalue weighted by Crippen LogP contribution is 2.40. The highest BCUT2D eigenvalue weighted by Gasteiger charge is 2.31. The number of fused-ring (bicyclic) bond motifs is 1. The number of aromatic nitrogens is 2. The molecular formula is C20H19N3O4. The number of phenolic OH excluding ortho intramolecular Hbond substituents is 1. The van der Waals surface area contributed by atoms with E-state index in [0.717, 1.165) is 22.7 Å². The van der Waals surface area contributed by atoms with Crippen LogP contribution in [0.15, 0.2) is 48.8 Å². The summed E-state index contributed by atoms with van der Waals surface area (Å²) >= 11 is 0. The molecule has 2 aromatic carbocycles. The van der Waals surface area contributed by atoms with Crippen molar-refractivity contribution in [1.82, 2.24) is 9.55 Å². The molecule has 27 heavy (non-hydrogen) atoms. The average Bonchev–Trinajstić information content (AvgIpc) is 3.11. The molecule has 1 aromatic heterocycles. The van der Waals surface area contributed by atoms with Crippen LogP contribution in [0.1, 0.15) is 23.6 Å². The van der Waals surface area contributed by atoms with Crippen molar-refractivity contribution in [2.45, 2.75) is 12.3 Å². The third kappa shape index (κ3) is 2.97. The van der Waals surface area contributed by atoms with Gasteiger partial charge in [-0.05, 0) is 42.0 Å². The number of hydrogen-bond donors (Lipinski definition) is 2. The lowest BCUT2D eigenvalue weighted by Gasteiger charge is -2.23. The zero-order valence-electron chi connectivity index (χ0n) is 15.0. The molecule has 0 saturated carbocycles. The molecule has 0 spiro atoms. The number of carbonyl (C=O) groups is 1. The molecule has 1 aliphatic heterocycles. The molecule has 1 atom stereocenters. The number of rotatable bonds is 4. The van der Waals surface area contributed by atoms with Crippen molar-refractivity contribution in [2.75, 3.05) is 19.5 Å². The molecule has 7 heteroatoms. The summed E-state index contributed by atoms with van der Waals surface area (Å²) in [6.45, 7) is 0. The summed E-state index contributed by atoms with van der Waals surface area (Å²) in [6, 6.07) is 12.6. The lowest BCUT2D eigenvalue weighted by atomic mass is 9.89. The highest BCUT2D eigenvalue weighted by molar-refractivity contribution is 5.94. The van der Waals surface area contributed by atoms with Crippen LogP contribution in [0.5, 0.6) is 17.2 Å². The summed E-state index contributed by atoms with van der Waals surface area (Å²) in [5, 5.41) is 12.8. The van der Waals surface area contributed by atoms with E-state index in [1.165, 1.54) is 7.11 Å². The van der Waals surface area contributed by atoms with E-state index in [4.69, 9.17) is 9.47 Å². The van der Waals surface area contributed by atoms with Crippen LogP contribution >= 0.6 is 0 Å². The fraction of sp³-hybridized carbons (Fsp3) is 0.200. The third-order valence-corrected chi connectivity index (χ3v) is 4.73. The quantitative estimate of drug-likeness (QED) is 0.742. The van der Waals surface area contributed by atoms with Crippen molar-refractivity contribution in [3.63, 3.8) is 0 Å². The van der Waals surface area contributed by atoms with E-state index in [9.17, 15) is 9.90 Å². The molecule has 1 aliphatic rings.